The van der Waals surface area contributed by atoms with Crippen molar-refractivity contribution in [1.29, 1.82) is 0 Å². The van der Waals surface area contributed by atoms with Crippen molar-refractivity contribution in [1.82, 2.24) is 19.5 Å². The van der Waals surface area contributed by atoms with Crippen LogP contribution in [0.25, 0.3) is 16.8 Å². The number of sulfonamides is 1. The number of nitrogens with zero attached hydrogens (tertiary/aromatic N) is 6. The Bertz CT molecular complexity index is 1570. The van der Waals surface area contributed by atoms with Crippen LogP contribution in [0.3, 0.4) is 0 Å². The number of anilines is 4. The van der Waals surface area contributed by atoms with Crippen molar-refractivity contribution in [3.63, 3.8) is 0 Å². The Hall–Kier alpha value is -3.67. The molecule has 2 saturated heterocycles. The normalized spacial score (nSPS) is 17.3. The number of piperidine rings is 1. The van der Waals surface area contributed by atoms with E-state index < -0.39 is 10.0 Å². The molecule has 4 aromatic rings. The largest absolute Gasteiger partial charge is 0.379 e. The molecule has 40 heavy (non-hydrogen) atoms. The summed E-state index contributed by atoms with van der Waals surface area (Å²) in [6.45, 7) is 5.92. The first kappa shape index (κ1) is 26.5. The van der Waals surface area contributed by atoms with Crippen LogP contribution in [-0.4, -0.2) is 86.7 Å². The van der Waals surface area contributed by atoms with Crippen LogP contribution >= 0.6 is 0 Å². The Kier molecular flexibility index (Phi) is 7.35. The van der Waals surface area contributed by atoms with Gasteiger partial charge < -0.3 is 15.0 Å². The van der Waals surface area contributed by atoms with Crippen LogP contribution < -0.4 is 14.5 Å². The Morgan fingerprint density at radius 2 is 1.68 bits per heavy atom. The molecule has 2 fully saturated rings. The topological polar surface area (TPSA) is 95.3 Å². The lowest BCUT2D eigenvalue weighted by molar-refractivity contribution is 0.0115. The zero-order chi connectivity index (χ0) is 27.7. The maximum atomic E-state index is 12.3. The Balaban J connectivity index is 1.17. The highest BCUT2D eigenvalue weighted by Crippen LogP contribution is 2.32. The molecular formula is C29H35N7O3S. The number of hydrogen-bond acceptors (Lipinski definition) is 8. The van der Waals surface area contributed by atoms with Crippen LogP contribution in [-0.2, 0) is 14.8 Å². The third-order valence-corrected chi connectivity index (χ3v) is 9.12. The zero-order valence-electron chi connectivity index (χ0n) is 22.9. The summed E-state index contributed by atoms with van der Waals surface area (Å²) in [6, 6.07) is 20.3. The van der Waals surface area contributed by atoms with Gasteiger partial charge in [0.15, 0.2) is 0 Å². The average molecular weight is 562 g/mol. The van der Waals surface area contributed by atoms with E-state index in [1.165, 1.54) is 29.1 Å². The van der Waals surface area contributed by atoms with Crippen molar-refractivity contribution in [3.05, 3.63) is 66.9 Å². The lowest BCUT2D eigenvalue weighted by Crippen LogP contribution is -2.49. The Morgan fingerprint density at radius 1 is 0.950 bits per heavy atom. The maximum absolute atomic E-state index is 12.3. The lowest BCUT2D eigenvalue weighted by atomic mass is 10.0. The summed E-state index contributed by atoms with van der Waals surface area (Å²) in [5, 5.41) is 8.06. The summed E-state index contributed by atoms with van der Waals surface area (Å²) in [6.07, 6.45) is 5.31. The summed E-state index contributed by atoms with van der Waals surface area (Å²) in [4.78, 5) is 9.54. The van der Waals surface area contributed by atoms with Gasteiger partial charge >= 0.3 is 0 Å². The fraction of sp³-hybridized carbons (Fsp3) is 0.379. The van der Waals surface area contributed by atoms with Crippen LogP contribution in [0.5, 0.6) is 0 Å². The van der Waals surface area contributed by atoms with Gasteiger partial charge in [0.2, 0.25) is 16.0 Å². The van der Waals surface area contributed by atoms with Gasteiger partial charge in [-0.2, -0.15) is 0 Å². The summed E-state index contributed by atoms with van der Waals surface area (Å²) < 4.78 is 33.1. The fourth-order valence-electron chi connectivity index (χ4n) is 5.62. The van der Waals surface area contributed by atoms with E-state index in [9.17, 15) is 8.42 Å². The van der Waals surface area contributed by atoms with Gasteiger partial charge in [-0.3, -0.25) is 9.21 Å². The van der Waals surface area contributed by atoms with Crippen molar-refractivity contribution in [3.8, 4) is 11.3 Å². The number of para-hydroxylation sites is 1. The predicted molar refractivity (Wildman–Crippen MR) is 159 cm³/mol. The van der Waals surface area contributed by atoms with Gasteiger partial charge in [0.1, 0.15) is 0 Å². The molecule has 4 heterocycles. The molecule has 10 nitrogen and oxygen atoms in total. The van der Waals surface area contributed by atoms with Crippen LogP contribution in [0.15, 0.2) is 66.9 Å². The van der Waals surface area contributed by atoms with Gasteiger partial charge in [0, 0.05) is 56.2 Å². The zero-order valence-corrected chi connectivity index (χ0v) is 23.7. The monoisotopic (exact) mass is 561 g/mol. The van der Waals surface area contributed by atoms with E-state index in [4.69, 9.17) is 9.84 Å². The van der Waals surface area contributed by atoms with Crippen molar-refractivity contribution in [2.24, 2.45) is 0 Å². The third kappa shape index (κ3) is 5.49. The number of rotatable bonds is 7. The smallest absolute Gasteiger partial charge is 0.245 e. The van der Waals surface area contributed by atoms with Crippen LogP contribution in [0.2, 0.25) is 0 Å². The minimum atomic E-state index is -3.42. The molecule has 2 aliphatic heterocycles. The second-order valence-electron chi connectivity index (χ2n) is 10.4. The highest BCUT2D eigenvalue weighted by Gasteiger charge is 2.26. The molecule has 210 valence electrons. The molecule has 1 N–H and O–H groups in total. The molecule has 0 aliphatic carbocycles. The van der Waals surface area contributed by atoms with E-state index in [2.05, 4.69) is 44.4 Å². The third-order valence-electron chi connectivity index (χ3n) is 7.93. The quantitative estimate of drug-likeness (QED) is 0.364. The molecular weight excluding hydrogens is 526 g/mol. The van der Waals surface area contributed by atoms with E-state index >= 15 is 0 Å². The molecule has 0 unspecified atom stereocenters. The van der Waals surface area contributed by atoms with Gasteiger partial charge in [-0.1, -0.05) is 18.2 Å². The SMILES string of the molecule is CN(c1ccccc1-c1ccc2cnc(Nc3ccc(N4CCC(N5CCOCC5)CC4)cc3)nn12)S(C)(=O)=O. The first-order chi connectivity index (χ1) is 19.4. The Morgan fingerprint density at radius 3 is 2.40 bits per heavy atom. The molecule has 2 aromatic heterocycles. The van der Waals surface area contributed by atoms with Crippen molar-refractivity contribution in [2.75, 3.05) is 67.2 Å². The van der Waals surface area contributed by atoms with Crippen LogP contribution in [0, 0.1) is 0 Å². The summed E-state index contributed by atoms with van der Waals surface area (Å²) >= 11 is 0. The first-order valence-corrected chi connectivity index (χ1v) is 15.5. The maximum Gasteiger partial charge on any atom is 0.245 e. The molecule has 11 heteroatoms. The second kappa shape index (κ2) is 11.1. The van der Waals surface area contributed by atoms with Crippen LogP contribution in [0.4, 0.5) is 23.0 Å². The Labute approximate surface area is 235 Å². The van der Waals surface area contributed by atoms with Crippen molar-refractivity contribution >= 4 is 38.6 Å². The summed E-state index contributed by atoms with van der Waals surface area (Å²) in [5.74, 6) is 0.456. The van der Waals surface area contributed by atoms with Crippen LogP contribution in [0.1, 0.15) is 12.8 Å². The van der Waals surface area contributed by atoms with E-state index in [-0.39, 0.29) is 0 Å². The number of nitrogens with one attached hydrogen (secondary N) is 1. The standard InChI is InChI=1S/C29H35N7O3S/c1-33(40(2,37)38)27-6-4-3-5-26(27)28-12-11-25-21-30-29(32-36(25)28)31-22-7-9-23(10-8-22)34-15-13-24(14-16-34)35-17-19-39-20-18-35/h3-12,21,24H,13-20H2,1-2H3,(H,31,32). The molecule has 0 saturated carbocycles. The number of hydrogen-bond donors (Lipinski definition) is 1. The highest BCUT2D eigenvalue weighted by molar-refractivity contribution is 7.92. The second-order valence-corrected chi connectivity index (χ2v) is 12.4. The minimum Gasteiger partial charge on any atom is -0.379 e. The predicted octanol–water partition coefficient (Wildman–Crippen LogP) is 3.84. The van der Waals surface area contributed by atoms with E-state index in [0.29, 0.717) is 17.7 Å². The van der Waals surface area contributed by atoms with E-state index in [1.54, 1.807) is 23.8 Å². The summed E-state index contributed by atoms with van der Waals surface area (Å²) in [7, 11) is -1.87. The molecule has 0 radical (unpaired) electrons. The van der Waals surface area contributed by atoms with Gasteiger partial charge in [0.25, 0.3) is 0 Å². The van der Waals surface area contributed by atoms with Gasteiger partial charge in [0.05, 0.1) is 42.6 Å². The average Bonchev–Trinajstić information content (AvgIpc) is 3.40. The number of aromatic nitrogens is 3. The molecule has 0 atom stereocenters. The van der Waals surface area contributed by atoms with E-state index in [1.807, 2.05) is 30.3 Å². The number of morpholine rings is 1. The molecule has 0 amide bonds. The highest BCUT2D eigenvalue weighted by atomic mass is 32.2. The molecule has 2 aliphatic rings. The fourth-order valence-corrected chi connectivity index (χ4v) is 6.14. The van der Waals surface area contributed by atoms with Crippen molar-refractivity contribution in [2.45, 2.75) is 18.9 Å². The van der Waals surface area contributed by atoms with E-state index in [0.717, 1.165) is 61.9 Å². The minimum absolute atomic E-state index is 0.456. The molecule has 2 aromatic carbocycles. The molecule has 6 rings (SSSR count). The summed E-state index contributed by atoms with van der Waals surface area (Å²) in [5.41, 5.74) is 5.07. The van der Waals surface area contributed by atoms with Gasteiger partial charge in [-0.15, -0.1) is 5.10 Å². The van der Waals surface area contributed by atoms with Gasteiger partial charge in [-0.05, 0) is 55.3 Å². The first-order valence-electron chi connectivity index (χ1n) is 13.7. The number of ether oxygens (including phenoxy) is 1. The lowest BCUT2D eigenvalue weighted by Gasteiger charge is -2.40. The molecule has 0 spiro atoms. The molecule has 0 bridgehead atoms. The number of benzene rings is 2. The van der Waals surface area contributed by atoms with Gasteiger partial charge in [-0.25, -0.2) is 17.9 Å². The number of fused-ring (bicyclic) bond motifs is 1. The van der Waals surface area contributed by atoms with Crippen molar-refractivity contribution < 1.29 is 13.2 Å².